The van der Waals surface area contributed by atoms with E-state index in [1.165, 1.54) is 11.3 Å². The summed E-state index contributed by atoms with van der Waals surface area (Å²) in [7, 11) is 0. The lowest BCUT2D eigenvalue weighted by molar-refractivity contribution is -0.192. The maximum Gasteiger partial charge on any atom is 0.490 e. The summed E-state index contributed by atoms with van der Waals surface area (Å²) in [6.07, 6.45) is -1.86. The molecule has 2 aliphatic rings. The number of alkyl halides is 3. The number of amides is 2. The number of carbonyl (C=O) groups excluding carboxylic acids is 2. The van der Waals surface area contributed by atoms with E-state index in [9.17, 15) is 22.8 Å². The number of carboxylic acids is 1. The average Bonchev–Trinajstić information content (AvgIpc) is 3.45. The molecule has 2 amide bonds. The Labute approximate surface area is 178 Å². The monoisotopic (exact) mass is 457 g/mol. The minimum Gasteiger partial charge on any atom is -0.475 e. The zero-order valence-electron chi connectivity index (χ0n) is 15.9. The Bertz CT molecular complexity index is 924. The molecule has 2 aromatic rings. The first-order valence-electron chi connectivity index (χ1n) is 9.12. The van der Waals surface area contributed by atoms with Crippen molar-refractivity contribution in [2.24, 2.45) is 11.8 Å². The number of hydrogen-bond acceptors (Lipinski definition) is 6. The van der Waals surface area contributed by atoms with Gasteiger partial charge in [0.05, 0.1) is 35.4 Å². The molecule has 4 rings (SSSR count). The maximum absolute atomic E-state index is 12.5. The number of aliphatic carboxylic acids is 1. The highest BCUT2D eigenvalue weighted by molar-refractivity contribution is 7.12. The normalized spacial score (nSPS) is 22.3. The topological polar surface area (TPSA) is 109 Å². The van der Waals surface area contributed by atoms with Crippen molar-refractivity contribution in [3.05, 3.63) is 46.9 Å². The lowest BCUT2D eigenvalue weighted by Gasteiger charge is -2.19. The van der Waals surface area contributed by atoms with Crippen LogP contribution in [0.25, 0.3) is 0 Å². The molecule has 8 nitrogen and oxygen atoms in total. The van der Waals surface area contributed by atoms with Gasteiger partial charge in [-0.25, -0.2) is 4.79 Å². The number of fused-ring (bicyclic) bond motifs is 1. The van der Waals surface area contributed by atoms with Crippen LogP contribution < -0.4 is 5.32 Å². The Morgan fingerprint density at radius 1 is 1.23 bits per heavy atom. The Balaban J connectivity index is 0.000000339. The van der Waals surface area contributed by atoms with Crippen LogP contribution >= 0.6 is 11.3 Å². The Kier molecular flexibility index (Phi) is 6.91. The van der Waals surface area contributed by atoms with E-state index in [-0.39, 0.29) is 29.8 Å². The minimum absolute atomic E-state index is 0.0226. The molecule has 2 aromatic heterocycles. The number of aromatic nitrogens is 1. The predicted octanol–water partition coefficient (Wildman–Crippen LogP) is 2.50. The van der Waals surface area contributed by atoms with Crippen molar-refractivity contribution in [1.82, 2.24) is 9.88 Å². The van der Waals surface area contributed by atoms with Gasteiger partial charge in [-0.15, -0.1) is 11.3 Å². The number of thiophene rings is 1. The molecule has 12 heteroatoms. The van der Waals surface area contributed by atoms with Crippen LogP contribution in [0.3, 0.4) is 0 Å². The van der Waals surface area contributed by atoms with E-state index in [2.05, 4.69) is 10.3 Å². The van der Waals surface area contributed by atoms with E-state index in [1.54, 1.807) is 29.4 Å². The van der Waals surface area contributed by atoms with Crippen LogP contribution in [-0.4, -0.2) is 64.8 Å². The Morgan fingerprint density at radius 3 is 2.55 bits per heavy atom. The van der Waals surface area contributed by atoms with Gasteiger partial charge in [0.15, 0.2) is 0 Å². The molecule has 3 atom stereocenters. The third-order valence-electron chi connectivity index (χ3n) is 4.84. The highest BCUT2D eigenvalue weighted by Crippen LogP contribution is 2.35. The van der Waals surface area contributed by atoms with Gasteiger partial charge in [0, 0.05) is 25.2 Å². The first kappa shape index (κ1) is 22.7. The van der Waals surface area contributed by atoms with Gasteiger partial charge in [0.2, 0.25) is 5.91 Å². The highest BCUT2D eigenvalue weighted by Gasteiger charge is 2.48. The fourth-order valence-electron chi connectivity index (χ4n) is 3.38. The molecular weight excluding hydrogens is 439 g/mol. The molecule has 0 bridgehead atoms. The molecule has 166 valence electrons. The number of hydrogen-bond donors (Lipinski definition) is 2. The number of anilines is 1. The van der Waals surface area contributed by atoms with E-state index in [1.807, 2.05) is 17.5 Å². The van der Waals surface area contributed by atoms with E-state index in [0.717, 1.165) is 4.88 Å². The molecule has 2 N–H and O–H groups in total. The SMILES string of the molecule is O=C(Nc1cccnc1)[C@@H]1CO[C@@H]2CN(C(=O)c3cccs3)C[C@@H]21.O=C(O)C(F)(F)F. The van der Waals surface area contributed by atoms with Gasteiger partial charge >= 0.3 is 12.1 Å². The number of pyridine rings is 1. The molecule has 2 fully saturated rings. The fraction of sp³-hybridized carbons (Fsp3) is 0.368. The summed E-state index contributed by atoms with van der Waals surface area (Å²) in [4.78, 5) is 40.4. The molecule has 0 saturated carbocycles. The highest BCUT2D eigenvalue weighted by atomic mass is 32.1. The predicted molar refractivity (Wildman–Crippen MR) is 104 cm³/mol. The van der Waals surface area contributed by atoms with Crippen molar-refractivity contribution in [3.63, 3.8) is 0 Å². The first-order valence-corrected chi connectivity index (χ1v) is 10.00. The van der Waals surface area contributed by atoms with E-state index in [0.29, 0.717) is 25.4 Å². The largest absolute Gasteiger partial charge is 0.490 e. The van der Waals surface area contributed by atoms with Gasteiger partial charge in [-0.2, -0.15) is 13.2 Å². The molecule has 0 unspecified atom stereocenters. The molecular formula is C19H18F3N3O5S. The number of ether oxygens (including phenoxy) is 1. The summed E-state index contributed by atoms with van der Waals surface area (Å²) in [5, 5.41) is 11.9. The van der Waals surface area contributed by atoms with Crippen molar-refractivity contribution in [2.75, 3.05) is 25.0 Å². The summed E-state index contributed by atoms with van der Waals surface area (Å²) in [5.41, 5.74) is 0.676. The van der Waals surface area contributed by atoms with Gasteiger partial charge in [-0.1, -0.05) is 6.07 Å². The second-order valence-electron chi connectivity index (χ2n) is 6.86. The molecule has 2 saturated heterocycles. The van der Waals surface area contributed by atoms with Crippen LogP contribution in [-0.2, 0) is 14.3 Å². The van der Waals surface area contributed by atoms with Crippen LogP contribution in [0.1, 0.15) is 9.67 Å². The number of rotatable bonds is 3. The maximum atomic E-state index is 12.5. The number of likely N-dealkylation sites (tertiary alicyclic amines) is 1. The van der Waals surface area contributed by atoms with Crippen LogP contribution in [0.15, 0.2) is 42.0 Å². The van der Waals surface area contributed by atoms with Crippen LogP contribution in [0, 0.1) is 11.8 Å². The summed E-state index contributed by atoms with van der Waals surface area (Å²) in [6.45, 7) is 1.52. The minimum atomic E-state index is -5.08. The van der Waals surface area contributed by atoms with Crippen LogP contribution in [0.4, 0.5) is 18.9 Å². The van der Waals surface area contributed by atoms with Gasteiger partial charge < -0.3 is 20.1 Å². The van der Waals surface area contributed by atoms with Crippen molar-refractivity contribution >= 4 is 34.8 Å². The van der Waals surface area contributed by atoms with Gasteiger partial charge in [-0.3, -0.25) is 14.6 Å². The van der Waals surface area contributed by atoms with Crippen molar-refractivity contribution in [2.45, 2.75) is 12.3 Å². The fourth-order valence-corrected chi connectivity index (χ4v) is 4.07. The lowest BCUT2D eigenvalue weighted by Crippen LogP contribution is -2.34. The van der Waals surface area contributed by atoms with E-state index in [4.69, 9.17) is 14.6 Å². The number of halogens is 3. The number of nitrogens with one attached hydrogen (secondary N) is 1. The summed E-state index contributed by atoms with van der Waals surface area (Å²) in [5.74, 6) is -3.00. The van der Waals surface area contributed by atoms with Gasteiger partial charge in [-0.05, 0) is 23.6 Å². The third-order valence-corrected chi connectivity index (χ3v) is 5.70. The standard InChI is InChI=1S/C17H17N3O3S.C2HF3O2/c21-16(19-11-3-1-5-18-7-11)13-10-23-14-9-20(8-12(13)14)17(22)15-4-2-6-24-15;3-2(4,5)1(6)7/h1-7,12-14H,8-10H2,(H,19,21);(H,6,7)/t12-,13-,14-;/m1./s1. The zero-order valence-corrected chi connectivity index (χ0v) is 16.7. The van der Waals surface area contributed by atoms with Crippen LogP contribution in [0.5, 0.6) is 0 Å². The Morgan fingerprint density at radius 2 is 1.97 bits per heavy atom. The molecule has 0 radical (unpaired) electrons. The van der Waals surface area contributed by atoms with Gasteiger partial charge in [0.1, 0.15) is 0 Å². The average molecular weight is 457 g/mol. The van der Waals surface area contributed by atoms with Crippen molar-refractivity contribution in [3.8, 4) is 0 Å². The number of carboxylic acid groups (broad SMARTS) is 1. The quantitative estimate of drug-likeness (QED) is 0.733. The smallest absolute Gasteiger partial charge is 0.475 e. The second kappa shape index (κ2) is 9.43. The third kappa shape index (κ3) is 5.58. The van der Waals surface area contributed by atoms with Crippen molar-refractivity contribution in [1.29, 1.82) is 0 Å². The summed E-state index contributed by atoms with van der Waals surface area (Å²) >= 11 is 1.44. The zero-order chi connectivity index (χ0) is 22.6. The summed E-state index contributed by atoms with van der Waals surface area (Å²) in [6, 6.07) is 7.28. The van der Waals surface area contributed by atoms with Crippen molar-refractivity contribution < 1.29 is 37.4 Å². The molecule has 31 heavy (non-hydrogen) atoms. The molecule has 0 aromatic carbocycles. The first-order chi connectivity index (χ1) is 14.7. The molecule has 0 aliphatic carbocycles. The summed E-state index contributed by atoms with van der Waals surface area (Å²) < 4.78 is 37.5. The molecule has 2 aliphatic heterocycles. The van der Waals surface area contributed by atoms with E-state index >= 15 is 0 Å². The number of carbonyl (C=O) groups is 3. The van der Waals surface area contributed by atoms with Gasteiger partial charge in [0.25, 0.3) is 5.91 Å². The molecule has 4 heterocycles. The molecule has 0 spiro atoms. The van der Waals surface area contributed by atoms with E-state index < -0.39 is 12.1 Å². The lowest BCUT2D eigenvalue weighted by atomic mass is 9.92. The second-order valence-corrected chi connectivity index (χ2v) is 7.81. The van der Waals surface area contributed by atoms with Crippen LogP contribution in [0.2, 0.25) is 0 Å². The number of nitrogens with zero attached hydrogens (tertiary/aromatic N) is 2. The Hall–Kier alpha value is -2.99.